The normalized spacial score (nSPS) is 13.3. The van der Waals surface area contributed by atoms with Crippen molar-refractivity contribution in [1.82, 2.24) is 15.3 Å². The van der Waals surface area contributed by atoms with Gasteiger partial charge in [-0.3, -0.25) is 19.8 Å². The number of nitrogens with zero attached hydrogens (tertiary/aromatic N) is 5. The number of aromatic nitrogens is 2. The molecular weight excluding hydrogens is 555 g/mol. The van der Waals surface area contributed by atoms with E-state index in [0.29, 0.717) is 24.2 Å². The van der Waals surface area contributed by atoms with Crippen molar-refractivity contribution in [2.45, 2.75) is 33.6 Å². The Balaban J connectivity index is 0.00000179. The van der Waals surface area contributed by atoms with E-state index in [0.717, 1.165) is 29.8 Å². The second-order valence-electron chi connectivity index (χ2n) is 8.69. The molecule has 1 aliphatic carbocycles. The molecule has 2 aromatic rings. The number of aliphatic imine (C=N–C) groups is 1. The Morgan fingerprint density at radius 3 is 2.03 bits per heavy atom. The average Bonchev–Trinajstić information content (AvgIpc) is 2.87. The number of Topliss-reactive ketones (excluding diaryl/α,β-unsaturated/α-hetero) is 1. The van der Waals surface area contributed by atoms with Gasteiger partial charge in [-0.1, -0.05) is 57.3 Å². The van der Waals surface area contributed by atoms with Crippen molar-refractivity contribution in [1.29, 1.82) is 0 Å². The summed E-state index contributed by atoms with van der Waals surface area (Å²) in [6.45, 7) is 7.74. The number of pyridine rings is 2. The van der Waals surface area contributed by atoms with E-state index in [9.17, 15) is 4.79 Å². The fraction of sp³-hybridized carbons (Fsp3) is 0.286. The van der Waals surface area contributed by atoms with Crippen LogP contribution in [0, 0.1) is 5.41 Å². The zero-order valence-electron chi connectivity index (χ0n) is 21.6. The molecule has 0 fully saturated rings. The molecule has 0 aromatic carbocycles. The van der Waals surface area contributed by atoms with Crippen LogP contribution in [0.5, 0.6) is 0 Å². The Morgan fingerprint density at radius 1 is 0.974 bits per heavy atom. The topological polar surface area (TPSA) is 112 Å². The average molecular weight is 586 g/mol. The standard InChI is InChI=1S/C26H30N4O.2CNS.Mn/c1-26(2,3)22-16-20(18-27-14-10-23-8-4-6-12-29-23)25(31)21(17-22)19-28-15-11-24-9-5-7-13-30-24;2*2-1-3;/h4-9,12-13,16-19,27H,10-11,14-15H2,1-3H3;;;/q;2*-1;+2/b20-18-,28-19?;;;. The molecule has 2 aromatic heterocycles. The molecule has 0 amide bonds. The fourth-order valence-electron chi connectivity index (χ4n) is 3.13. The van der Waals surface area contributed by atoms with Crippen LogP contribution < -0.4 is 5.32 Å². The summed E-state index contributed by atoms with van der Waals surface area (Å²) >= 11 is 7.40. The van der Waals surface area contributed by atoms with E-state index in [4.69, 9.17) is 10.8 Å². The molecule has 1 aliphatic rings. The summed E-state index contributed by atoms with van der Waals surface area (Å²) in [4.78, 5) is 26.1. The van der Waals surface area contributed by atoms with E-state index in [1.807, 2.05) is 54.8 Å². The molecule has 3 rings (SSSR count). The van der Waals surface area contributed by atoms with Crippen LogP contribution in [0.15, 0.2) is 88.9 Å². The molecule has 1 N–H and O–H groups in total. The predicted octanol–water partition coefficient (Wildman–Crippen LogP) is 5.60. The molecule has 0 spiro atoms. The smallest absolute Gasteiger partial charge is 0.753 e. The number of thiocarbonyl (C=S) groups is 2. The van der Waals surface area contributed by atoms with Gasteiger partial charge in [0, 0.05) is 73.3 Å². The molecule has 38 heavy (non-hydrogen) atoms. The molecule has 0 bridgehead atoms. The summed E-state index contributed by atoms with van der Waals surface area (Å²) in [5.41, 5.74) is 4.33. The zero-order chi connectivity index (χ0) is 27.5. The Labute approximate surface area is 246 Å². The van der Waals surface area contributed by atoms with Crippen LogP contribution in [0.25, 0.3) is 10.8 Å². The van der Waals surface area contributed by atoms with E-state index in [1.165, 1.54) is 10.3 Å². The van der Waals surface area contributed by atoms with Crippen LogP contribution in [0.2, 0.25) is 0 Å². The van der Waals surface area contributed by atoms with Gasteiger partial charge < -0.3 is 16.1 Å². The minimum Gasteiger partial charge on any atom is -0.753 e. The van der Waals surface area contributed by atoms with Gasteiger partial charge in [-0.25, -0.2) is 0 Å². The molecule has 2 heterocycles. The van der Waals surface area contributed by atoms with E-state index >= 15 is 0 Å². The van der Waals surface area contributed by atoms with Gasteiger partial charge in [0.2, 0.25) is 0 Å². The number of nitrogens with one attached hydrogen (secondary N) is 1. The number of rotatable bonds is 8. The second-order valence-corrected chi connectivity index (χ2v) is 9.06. The van der Waals surface area contributed by atoms with Crippen LogP contribution in [0.3, 0.4) is 0 Å². The second kappa shape index (κ2) is 19.8. The third-order valence-corrected chi connectivity index (χ3v) is 4.98. The quantitative estimate of drug-likeness (QED) is 0.142. The number of carbonyl (C=O) groups is 1. The Hall–Kier alpha value is -3.22. The fourth-order valence-corrected chi connectivity index (χ4v) is 3.13. The molecule has 10 heteroatoms. The molecular formula is C28H30MnN6OS2. The van der Waals surface area contributed by atoms with E-state index in [1.54, 1.807) is 18.6 Å². The number of hydrogen-bond donors (Lipinski definition) is 1. The first-order chi connectivity index (χ1) is 17.8. The van der Waals surface area contributed by atoms with Crippen molar-refractivity contribution < 1.29 is 21.9 Å². The third kappa shape index (κ3) is 13.9. The third-order valence-electron chi connectivity index (χ3n) is 4.98. The summed E-state index contributed by atoms with van der Waals surface area (Å²) in [7, 11) is 0. The molecule has 0 saturated heterocycles. The van der Waals surface area contributed by atoms with Gasteiger partial charge in [0.15, 0.2) is 5.78 Å². The zero-order valence-corrected chi connectivity index (χ0v) is 24.4. The van der Waals surface area contributed by atoms with Gasteiger partial charge in [0.1, 0.15) is 0 Å². The molecule has 0 aliphatic heterocycles. The van der Waals surface area contributed by atoms with Crippen molar-refractivity contribution in [2.75, 3.05) is 13.1 Å². The minimum atomic E-state index is -0.0687. The van der Waals surface area contributed by atoms with Gasteiger partial charge in [-0.05, 0) is 47.4 Å². The first-order valence-corrected chi connectivity index (χ1v) is 12.3. The van der Waals surface area contributed by atoms with Crippen molar-refractivity contribution in [3.05, 3.63) is 106 Å². The van der Waals surface area contributed by atoms with E-state index in [-0.39, 0.29) is 28.3 Å². The molecule has 1 radical (unpaired) electrons. The van der Waals surface area contributed by atoms with Crippen molar-refractivity contribution >= 4 is 46.8 Å². The Kier molecular flexibility index (Phi) is 18.2. The van der Waals surface area contributed by atoms with Crippen molar-refractivity contribution in [3.8, 4) is 0 Å². The Morgan fingerprint density at radius 2 is 1.53 bits per heavy atom. The summed E-state index contributed by atoms with van der Waals surface area (Å²) in [5, 5.41) is 20.2. The number of allylic oxidation sites excluding steroid dienone is 5. The largest absolute Gasteiger partial charge is 2.00 e. The van der Waals surface area contributed by atoms with E-state index < -0.39 is 0 Å². The Bertz CT molecular complexity index is 1180. The van der Waals surface area contributed by atoms with E-state index in [2.05, 4.69) is 65.5 Å². The first kappa shape index (κ1) is 34.8. The van der Waals surface area contributed by atoms with Gasteiger partial charge >= 0.3 is 17.1 Å². The molecule has 0 atom stereocenters. The van der Waals surface area contributed by atoms with Gasteiger partial charge in [0.05, 0.1) is 0 Å². The number of hydrogen-bond acceptors (Lipinski definition) is 7. The summed E-state index contributed by atoms with van der Waals surface area (Å²) < 4.78 is 0. The number of ketones is 1. The maximum absolute atomic E-state index is 13.0. The van der Waals surface area contributed by atoms with Gasteiger partial charge in [-0.2, -0.15) is 10.3 Å². The van der Waals surface area contributed by atoms with Gasteiger partial charge in [0.25, 0.3) is 0 Å². The maximum atomic E-state index is 13.0. The SMILES string of the molecule is CC(C)(C)C1=C/C(=C/NCCc2ccccn2)C(=O)C(C=NCCc2ccccn2)=C1.[Mn+2].[N-]=C=S.[N-]=C=S. The van der Waals surface area contributed by atoms with Gasteiger partial charge in [-0.15, -0.1) is 0 Å². The predicted molar refractivity (Wildman–Crippen MR) is 158 cm³/mol. The number of carbonyl (C=O) groups excluding carboxylic acids is 1. The van der Waals surface area contributed by atoms with Crippen LogP contribution in [0.4, 0.5) is 0 Å². The summed E-state index contributed by atoms with van der Waals surface area (Å²) in [6.07, 6.45) is 12.6. The van der Waals surface area contributed by atoms with Crippen LogP contribution in [-0.2, 0) is 34.7 Å². The minimum absolute atomic E-state index is 0. The first-order valence-electron chi connectivity index (χ1n) is 11.5. The molecule has 7 nitrogen and oxygen atoms in total. The molecule has 0 unspecified atom stereocenters. The van der Waals surface area contributed by atoms with Crippen LogP contribution in [0.1, 0.15) is 32.2 Å². The van der Waals surface area contributed by atoms with Crippen molar-refractivity contribution in [2.24, 2.45) is 10.4 Å². The summed E-state index contributed by atoms with van der Waals surface area (Å²) in [6, 6.07) is 11.7. The van der Waals surface area contributed by atoms with Crippen molar-refractivity contribution in [3.63, 3.8) is 0 Å². The maximum Gasteiger partial charge on any atom is 2.00 e. The molecule has 197 valence electrons. The monoisotopic (exact) mass is 585 g/mol. The molecule has 0 saturated carbocycles. The van der Waals surface area contributed by atoms with Crippen LogP contribution in [-0.4, -0.2) is 45.4 Å². The summed E-state index contributed by atoms with van der Waals surface area (Å²) in [5.74, 6) is -0.0140. The number of isothiocyanates is 2. The van der Waals surface area contributed by atoms with Crippen LogP contribution >= 0.6 is 24.4 Å².